The van der Waals surface area contributed by atoms with Crippen LogP contribution in [0, 0.1) is 6.92 Å². The molecule has 0 aliphatic rings. The maximum absolute atomic E-state index is 12.1. The number of anilines is 1. The van der Waals surface area contributed by atoms with E-state index in [0.717, 1.165) is 23.3 Å². The molecule has 2 heterocycles. The van der Waals surface area contributed by atoms with Crippen LogP contribution in [0.3, 0.4) is 0 Å². The average molecular weight is 369 g/mol. The highest BCUT2D eigenvalue weighted by molar-refractivity contribution is 7.91. The Morgan fingerprint density at radius 3 is 2.64 bits per heavy atom. The van der Waals surface area contributed by atoms with Gasteiger partial charge in [0.05, 0.1) is 17.0 Å². The summed E-state index contributed by atoms with van der Waals surface area (Å²) in [5.41, 5.74) is 8.48. The summed E-state index contributed by atoms with van der Waals surface area (Å²) >= 11 is 0. The molecule has 0 fully saturated rings. The number of rotatable bonds is 9. The van der Waals surface area contributed by atoms with Crippen LogP contribution >= 0.6 is 0 Å². The van der Waals surface area contributed by atoms with E-state index < -0.39 is 9.84 Å². The van der Waals surface area contributed by atoms with Crippen molar-refractivity contribution in [3.05, 3.63) is 17.6 Å². The van der Waals surface area contributed by atoms with E-state index in [1.54, 1.807) is 13.3 Å². The van der Waals surface area contributed by atoms with Crippen molar-refractivity contribution in [2.75, 3.05) is 24.3 Å². The summed E-state index contributed by atoms with van der Waals surface area (Å²) in [6, 6.07) is 0. The van der Waals surface area contributed by atoms with E-state index in [4.69, 9.17) is 10.5 Å². The lowest BCUT2D eigenvalue weighted by molar-refractivity contribution is 0.109. The van der Waals surface area contributed by atoms with Crippen molar-refractivity contribution >= 4 is 26.7 Å². The number of fused-ring (bicyclic) bond motifs is 1. The first-order chi connectivity index (χ1) is 11.8. The zero-order chi connectivity index (χ0) is 18.6. The van der Waals surface area contributed by atoms with Crippen molar-refractivity contribution < 1.29 is 13.2 Å². The Balaban J connectivity index is 2.31. The van der Waals surface area contributed by atoms with Crippen LogP contribution in [0.25, 0.3) is 11.0 Å². The molecule has 0 saturated carbocycles. The Morgan fingerprint density at radius 2 is 2.00 bits per heavy atom. The summed E-state index contributed by atoms with van der Waals surface area (Å²) in [5, 5.41) is 0. The molecule has 0 spiro atoms. The number of nitrogen functional groups attached to an aromatic ring is 1. The molecule has 0 bridgehead atoms. The highest BCUT2D eigenvalue weighted by atomic mass is 32.2. The van der Waals surface area contributed by atoms with Gasteiger partial charge in [0.15, 0.2) is 5.82 Å². The molecular formula is C17H28N4O3S. The predicted octanol–water partition coefficient (Wildman–Crippen LogP) is 2.63. The minimum Gasteiger partial charge on any atom is -0.382 e. The molecule has 1 atom stereocenters. The second-order valence-electron chi connectivity index (χ2n) is 6.38. The first kappa shape index (κ1) is 19.7. The number of imidazole rings is 1. The molecule has 0 aromatic carbocycles. The molecule has 0 aliphatic heterocycles. The van der Waals surface area contributed by atoms with Crippen LogP contribution in [0.1, 0.15) is 50.6 Å². The summed E-state index contributed by atoms with van der Waals surface area (Å²) in [7, 11) is -1.39. The molecule has 25 heavy (non-hydrogen) atoms. The van der Waals surface area contributed by atoms with Crippen molar-refractivity contribution in [2.45, 2.75) is 52.7 Å². The lowest BCUT2D eigenvalue weighted by Crippen LogP contribution is -2.15. The maximum atomic E-state index is 12.1. The third kappa shape index (κ3) is 4.49. The number of ether oxygens (including phenoxy) is 1. The zero-order valence-corrected chi connectivity index (χ0v) is 16.3. The smallest absolute Gasteiger partial charge is 0.151 e. The number of nitrogens with two attached hydrogens (primary N) is 1. The number of methoxy groups -OCH3 is 1. The standard InChI is InChI=1S/C17H28N4O3S/c1-5-6-9-25(22,23)10-7-8-21-15-12(2)11-19-16(18)14(15)20-17(21)13(3)24-4/h11,13H,5-10H2,1-4H3,(H2,18,19). The quantitative estimate of drug-likeness (QED) is 0.730. The first-order valence-electron chi connectivity index (χ1n) is 8.65. The van der Waals surface area contributed by atoms with Crippen LogP contribution in [0.2, 0.25) is 0 Å². The van der Waals surface area contributed by atoms with E-state index in [9.17, 15) is 8.42 Å². The third-order valence-corrected chi connectivity index (χ3v) is 6.20. The van der Waals surface area contributed by atoms with E-state index >= 15 is 0 Å². The number of sulfone groups is 1. The van der Waals surface area contributed by atoms with Crippen molar-refractivity contribution in [3.8, 4) is 0 Å². The Morgan fingerprint density at radius 1 is 1.32 bits per heavy atom. The van der Waals surface area contributed by atoms with E-state index in [1.165, 1.54) is 0 Å². The molecule has 0 radical (unpaired) electrons. The van der Waals surface area contributed by atoms with Gasteiger partial charge in [0.25, 0.3) is 0 Å². The molecule has 1 unspecified atom stereocenters. The van der Waals surface area contributed by atoms with Crippen LogP contribution in [-0.4, -0.2) is 41.6 Å². The van der Waals surface area contributed by atoms with Crippen LogP contribution in [0.4, 0.5) is 5.82 Å². The summed E-state index contributed by atoms with van der Waals surface area (Å²) in [4.78, 5) is 8.77. The van der Waals surface area contributed by atoms with Gasteiger partial charge in [0.2, 0.25) is 0 Å². The van der Waals surface area contributed by atoms with Crippen LogP contribution in [0.5, 0.6) is 0 Å². The predicted molar refractivity (Wildman–Crippen MR) is 100 cm³/mol. The average Bonchev–Trinajstić information content (AvgIpc) is 2.96. The first-order valence-corrected chi connectivity index (χ1v) is 10.5. The van der Waals surface area contributed by atoms with E-state index in [2.05, 4.69) is 9.97 Å². The topological polar surface area (TPSA) is 100 Å². The lowest BCUT2D eigenvalue weighted by atomic mass is 10.2. The summed E-state index contributed by atoms with van der Waals surface area (Å²) < 4.78 is 31.6. The lowest BCUT2D eigenvalue weighted by Gasteiger charge is -2.14. The second-order valence-corrected chi connectivity index (χ2v) is 8.69. The molecule has 8 heteroatoms. The van der Waals surface area contributed by atoms with Crippen LogP contribution in [0.15, 0.2) is 6.20 Å². The Bertz CT molecular complexity index is 830. The van der Waals surface area contributed by atoms with Crippen LogP contribution < -0.4 is 5.73 Å². The molecule has 2 rings (SSSR count). The number of unbranched alkanes of at least 4 members (excludes halogenated alkanes) is 1. The molecule has 2 aromatic rings. The highest BCUT2D eigenvalue weighted by Gasteiger charge is 2.20. The minimum atomic E-state index is -3.01. The molecule has 7 nitrogen and oxygen atoms in total. The van der Waals surface area contributed by atoms with Gasteiger partial charge in [-0.05, 0) is 32.3 Å². The van der Waals surface area contributed by atoms with E-state index in [0.29, 0.717) is 30.7 Å². The fraction of sp³-hybridized carbons (Fsp3) is 0.647. The molecule has 0 aliphatic carbocycles. The number of hydrogen-bond donors (Lipinski definition) is 1. The summed E-state index contributed by atoms with van der Waals surface area (Å²) in [5.74, 6) is 1.55. The number of aryl methyl sites for hydroxylation is 2. The molecule has 0 amide bonds. The molecule has 2 N–H and O–H groups in total. The molecule has 140 valence electrons. The van der Waals surface area contributed by atoms with E-state index in [1.807, 2.05) is 25.3 Å². The minimum absolute atomic E-state index is 0.174. The van der Waals surface area contributed by atoms with Crippen LogP contribution in [-0.2, 0) is 21.1 Å². The van der Waals surface area contributed by atoms with Gasteiger partial charge in [-0.25, -0.2) is 18.4 Å². The van der Waals surface area contributed by atoms with Crippen molar-refractivity contribution in [3.63, 3.8) is 0 Å². The SMILES string of the molecule is CCCCS(=O)(=O)CCCn1c(C(C)OC)nc2c(N)ncc(C)c21. The maximum Gasteiger partial charge on any atom is 0.151 e. The van der Waals surface area contributed by atoms with Gasteiger partial charge in [-0.2, -0.15) is 0 Å². The van der Waals surface area contributed by atoms with Crippen molar-refractivity contribution in [1.29, 1.82) is 0 Å². The van der Waals surface area contributed by atoms with Crippen molar-refractivity contribution in [1.82, 2.24) is 14.5 Å². The largest absolute Gasteiger partial charge is 0.382 e. The normalized spacial score (nSPS) is 13.4. The Hall–Kier alpha value is -1.67. The Labute approximate surface area is 149 Å². The molecule has 0 saturated heterocycles. The number of pyridine rings is 1. The Kier molecular flexibility index (Phi) is 6.40. The fourth-order valence-corrected chi connectivity index (χ4v) is 4.39. The summed E-state index contributed by atoms with van der Waals surface area (Å²) in [6.07, 6.45) is 3.62. The van der Waals surface area contributed by atoms with Gasteiger partial charge in [0, 0.05) is 19.9 Å². The zero-order valence-electron chi connectivity index (χ0n) is 15.4. The van der Waals surface area contributed by atoms with Gasteiger partial charge in [0.1, 0.15) is 27.3 Å². The second kappa shape index (κ2) is 8.14. The van der Waals surface area contributed by atoms with Gasteiger partial charge in [-0.15, -0.1) is 0 Å². The molecule has 2 aromatic heterocycles. The monoisotopic (exact) mass is 368 g/mol. The van der Waals surface area contributed by atoms with Gasteiger partial charge >= 0.3 is 0 Å². The van der Waals surface area contributed by atoms with Gasteiger partial charge in [-0.1, -0.05) is 13.3 Å². The van der Waals surface area contributed by atoms with Gasteiger partial charge in [-0.3, -0.25) is 0 Å². The van der Waals surface area contributed by atoms with Crippen molar-refractivity contribution in [2.24, 2.45) is 0 Å². The number of aromatic nitrogens is 3. The van der Waals surface area contributed by atoms with E-state index in [-0.39, 0.29) is 17.6 Å². The summed E-state index contributed by atoms with van der Waals surface area (Å²) in [6.45, 7) is 6.41. The molecular weight excluding hydrogens is 340 g/mol. The number of nitrogens with zero attached hydrogens (tertiary/aromatic N) is 3. The number of hydrogen-bond acceptors (Lipinski definition) is 6. The highest BCUT2D eigenvalue weighted by Crippen LogP contribution is 2.27. The third-order valence-electron chi connectivity index (χ3n) is 4.37. The van der Waals surface area contributed by atoms with Gasteiger partial charge < -0.3 is 15.0 Å². The fourth-order valence-electron chi connectivity index (χ4n) is 2.89.